The van der Waals surface area contributed by atoms with E-state index in [2.05, 4.69) is 5.32 Å². The number of amides is 2. The van der Waals surface area contributed by atoms with E-state index in [1.165, 1.54) is 17.0 Å². The summed E-state index contributed by atoms with van der Waals surface area (Å²) in [4.78, 5) is 29.7. The topological polar surface area (TPSA) is 86.8 Å². The van der Waals surface area contributed by atoms with Crippen LogP contribution in [-0.2, 0) is 39.0 Å². The van der Waals surface area contributed by atoms with Gasteiger partial charge in [0.25, 0.3) is 10.0 Å². The molecule has 1 unspecified atom stereocenters. The Bertz CT molecular complexity index is 1650. The minimum atomic E-state index is -4.15. The molecule has 4 aromatic carbocycles. The van der Waals surface area contributed by atoms with Gasteiger partial charge in [-0.1, -0.05) is 97.4 Å². The largest absolute Gasteiger partial charge is 0.352 e. The van der Waals surface area contributed by atoms with E-state index < -0.39 is 28.5 Å². The maximum Gasteiger partial charge on any atom is 0.264 e. The van der Waals surface area contributed by atoms with E-state index in [-0.39, 0.29) is 29.8 Å². The van der Waals surface area contributed by atoms with E-state index >= 15 is 0 Å². The van der Waals surface area contributed by atoms with E-state index in [0.717, 1.165) is 21.9 Å². The molecule has 1 N–H and O–H groups in total. The van der Waals surface area contributed by atoms with Crippen molar-refractivity contribution >= 4 is 39.1 Å². The van der Waals surface area contributed by atoms with Gasteiger partial charge in [-0.3, -0.25) is 13.9 Å². The fourth-order valence-electron chi connectivity index (χ4n) is 4.89. The predicted octanol–water partition coefficient (Wildman–Crippen LogP) is 6.26. The van der Waals surface area contributed by atoms with E-state index in [1.54, 1.807) is 48.5 Å². The van der Waals surface area contributed by atoms with E-state index in [0.29, 0.717) is 16.3 Å². The summed E-state index contributed by atoms with van der Waals surface area (Å²) >= 11 is 6.54. The number of benzene rings is 4. The molecule has 0 bridgehead atoms. The van der Waals surface area contributed by atoms with Gasteiger partial charge in [0, 0.05) is 24.0 Å². The van der Waals surface area contributed by atoms with Gasteiger partial charge in [0.05, 0.1) is 10.6 Å². The highest BCUT2D eigenvalue weighted by Gasteiger charge is 2.35. The highest BCUT2D eigenvalue weighted by Crippen LogP contribution is 2.26. The second-order valence-electron chi connectivity index (χ2n) is 10.8. The molecule has 0 aromatic heterocycles. The number of carbonyl (C=O) groups excluding carboxylic acids is 2. The van der Waals surface area contributed by atoms with Gasteiger partial charge in [-0.15, -0.1) is 0 Å². The van der Waals surface area contributed by atoms with Crippen LogP contribution in [0.25, 0.3) is 0 Å². The number of hydrogen-bond acceptors (Lipinski definition) is 4. The van der Waals surface area contributed by atoms with Crippen LogP contribution in [0.2, 0.25) is 5.02 Å². The van der Waals surface area contributed by atoms with Gasteiger partial charge in [0.2, 0.25) is 11.8 Å². The highest BCUT2D eigenvalue weighted by molar-refractivity contribution is 7.92. The van der Waals surface area contributed by atoms with Crippen LogP contribution in [0.3, 0.4) is 0 Å². The molecule has 0 aliphatic heterocycles. The molecule has 230 valence electrons. The normalized spacial score (nSPS) is 12.0. The molecule has 0 heterocycles. The van der Waals surface area contributed by atoms with Crippen LogP contribution in [0.4, 0.5) is 5.69 Å². The molecule has 44 heavy (non-hydrogen) atoms. The van der Waals surface area contributed by atoms with Crippen molar-refractivity contribution in [3.8, 4) is 0 Å². The SMILES string of the molecule is CCc1ccc(N(CC(=O)N(Cc2ccccc2Cl)C(Cc2ccccc2)C(=O)NC(C)C)S(=O)(=O)c2ccccc2)cc1. The zero-order valence-electron chi connectivity index (χ0n) is 25.2. The number of nitrogens with one attached hydrogen (secondary N) is 1. The molecule has 0 spiro atoms. The lowest BCUT2D eigenvalue weighted by molar-refractivity contribution is -0.140. The summed E-state index contributed by atoms with van der Waals surface area (Å²) in [5.41, 5.74) is 2.88. The number of aryl methyl sites for hydroxylation is 1. The molecule has 1 atom stereocenters. The third-order valence-electron chi connectivity index (χ3n) is 7.24. The van der Waals surface area contributed by atoms with Gasteiger partial charge < -0.3 is 10.2 Å². The Morgan fingerprint density at radius 3 is 1.98 bits per heavy atom. The Hall–Kier alpha value is -4.14. The van der Waals surface area contributed by atoms with Crippen LogP contribution in [0.15, 0.2) is 114 Å². The number of nitrogens with zero attached hydrogens (tertiary/aromatic N) is 2. The molecule has 0 aliphatic carbocycles. The average Bonchev–Trinajstić information content (AvgIpc) is 3.03. The summed E-state index contributed by atoms with van der Waals surface area (Å²) in [6.45, 7) is 5.21. The molecule has 0 radical (unpaired) electrons. The first-order valence-electron chi connectivity index (χ1n) is 14.6. The van der Waals surface area contributed by atoms with E-state index in [1.807, 2.05) is 69.3 Å². The van der Waals surface area contributed by atoms with Crippen LogP contribution in [0.5, 0.6) is 0 Å². The fraction of sp³-hybridized carbons (Fsp3) is 0.257. The van der Waals surface area contributed by atoms with Gasteiger partial charge in [0.1, 0.15) is 12.6 Å². The van der Waals surface area contributed by atoms with E-state index in [9.17, 15) is 18.0 Å². The molecular formula is C35H38ClN3O4S. The lowest BCUT2D eigenvalue weighted by Gasteiger charge is -2.34. The smallest absolute Gasteiger partial charge is 0.264 e. The summed E-state index contributed by atoms with van der Waals surface area (Å²) in [6.07, 6.45) is 1.01. The third-order valence-corrected chi connectivity index (χ3v) is 9.40. The summed E-state index contributed by atoms with van der Waals surface area (Å²) in [6, 6.07) is 30.6. The molecular weight excluding hydrogens is 594 g/mol. The molecule has 0 fully saturated rings. The summed E-state index contributed by atoms with van der Waals surface area (Å²) in [7, 11) is -4.15. The first kappa shape index (κ1) is 32.8. The average molecular weight is 632 g/mol. The van der Waals surface area contributed by atoms with Crippen molar-refractivity contribution in [1.29, 1.82) is 0 Å². The Labute approximate surface area is 265 Å². The summed E-state index contributed by atoms with van der Waals surface area (Å²) in [5.74, 6) is -0.877. The van der Waals surface area contributed by atoms with Crippen molar-refractivity contribution in [2.24, 2.45) is 0 Å². The zero-order valence-corrected chi connectivity index (χ0v) is 26.8. The minimum absolute atomic E-state index is 0.00944. The second-order valence-corrected chi connectivity index (χ2v) is 13.1. The van der Waals surface area contributed by atoms with Gasteiger partial charge in [-0.2, -0.15) is 0 Å². The van der Waals surface area contributed by atoms with Crippen molar-refractivity contribution in [3.63, 3.8) is 0 Å². The quantitative estimate of drug-likeness (QED) is 0.189. The van der Waals surface area contributed by atoms with Crippen molar-refractivity contribution in [2.45, 2.75) is 57.1 Å². The number of carbonyl (C=O) groups is 2. The molecule has 2 amide bonds. The van der Waals surface area contributed by atoms with Crippen molar-refractivity contribution in [3.05, 3.63) is 131 Å². The molecule has 9 heteroatoms. The first-order chi connectivity index (χ1) is 21.1. The number of anilines is 1. The highest BCUT2D eigenvalue weighted by atomic mass is 35.5. The Balaban J connectivity index is 1.81. The number of rotatable bonds is 13. The monoisotopic (exact) mass is 631 g/mol. The standard InChI is InChI=1S/C35H38ClN3O4S/c1-4-27-19-21-30(22-20-27)39(44(42,43)31-16-9-6-10-17-31)25-34(40)38(24-29-15-11-12-18-32(29)36)33(35(41)37-26(2)3)23-28-13-7-5-8-14-28/h5-22,26,33H,4,23-25H2,1-3H3,(H,37,41). The van der Waals surface area contributed by atoms with Gasteiger partial charge in [0.15, 0.2) is 0 Å². The first-order valence-corrected chi connectivity index (χ1v) is 16.5. The Morgan fingerprint density at radius 2 is 1.39 bits per heavy atom. The Kier molecular flexibility index (Phi) is 11.2. The number of sulfonamides is 1. The predicted molar refractivity (Wildman–Crippen MR) is 176 cm³/mol. The Morgan fingerprint density at radius 1 is 0.795 bits per heavy atom. The second kappa shape index (κ2) is 15.0. The van der Waals surface area contributed by atoms with Crippen molar-refractivity contribution in [2.75, 3.05) is 10.8 Å². The summed E-state index contributed by atoms with van der Waals surface area (Å²) < 4.78 is 29.2. The van der Waals surface area contributed by atoms with Gasteiger partial charge in [-0.25, -0.2) is 8.42 Å². The number of hydrogen-bond donors (Lipinski definition) is 1. The number of halogens is 1. The molecule has 4 rings (SSSR count). The molecule has 0 aliphatic rings. The van der Waals surface area contributed by atoms with Gasteiger partial charge in [-0.05, 0) is 67.3 Å². The summed E-state index contributed by atoms with van der Waals surface area (Å²) in [5, 5.41) is 3.40. The molecule has 7 nitrogen and oxygen atoms in total. The van der Waals surface area contributed by atoms with E-state index in [4.69, 9.17) is 11.6 Å². The zero-order chi connectivity index (χ0) is 31.7. The maximum atomic E-state index is 14.5. The van der Waals surface area contributed by atoms with Crippen molar-refractivity contribution < 1.29 is 18.0 Å². The lowest BCUT2D eigenvalue weighted by Crippen LogP contribution is -2.54. The maximum absolute atomic E-state index is 14.5. The minimum Gasteiger partial charge on any atom is -0.352 e. The van der Waals surface area contributed by atoms with Crippen LogP contribution < -0.4 is 9.62 Å². The van der Waals surface area contributed by atoms with Crippen LogP contribution >= 0.6 is 11.6 Å². The van der Waals surface area contributed by atoms with Crippen molar-refractivity contribution in [1.82, 2.24) is 10.2 Å². The van der Waals surface area contributed by atoms with Crippen LogP contribution in [0.1, 0.15) is 37.5 Å². The molecule has 0 saturated carbocycles. The van der Waals surface area contributed by atoms with Gasteiger partial charge >= 0.3 is 0 Å². The fourth-order valence-corrected chi connectivity index (χ4v) is 6.52. The molecule has 4 aromatic rings. The third kappa shape index (κ3) is 8.27. The van der Waals surface area contributed by atoms with Crippen LogP contribution in [0, 0.1) is 0 Å². The van der Waals surface area contributed by atoms with Crippen LogP contribution in [-0.4, -0.2) is 43.8 Å². The molecule has 0 saturated heterocycles. The lowest BCUT2D eigenvalue weighted by atomic mass is 10.0.